The standard InChI is InChI=1S/C24H25N5O6/c1-31-17-7-5-15(6-8-17)23-27-26-20-9-10-21(28-29(20)23)35-12-11-25-24(30)16-13-18(32-2)22(34-4)19(14-16)33-3/h5-10,13-14H,11-12H2,1-4H3,(H,25,30). The molecule has 0 spiro atoms. The summed E-state index contributed by atoms with van der Waals surface area (Å²) in [5.41, 5.74) is 1.78. The number of benzene rings is 2. The Morgan fingerprint density at radius 2 is 1.60 bits per heavy atom. The minimum Gasteiger partial charge on any atom is -0.497 e. The summed E-state index contributed by atoms with van der Waals surface area (Å²) in [6.07, 6.45) is 0. The van der Waals surface area contributed by atoms with Gasteiger partial charge in [0.15, 0.2) is 23.0 Å². The van der Waals surface area contributed by atoms with Gasteiger partial charge < -0.3 is 29.0 Å². The molecule has 2 aromatic heterocycles. The summed E-state index contributed by atoms with van der Waals surface area (Å²) in [5, 5.41) is 15.6. The number of amides is 1. The van der Waals surface area contributed by atoms with Crippen LogP contribution in [0.3, 0.4) is 0 Å². The van der Waals surface area contributed by atoms with Gasteiger partial charge in [0.05, 0.1) is 35.0 Å². The normalized spacial score (nSPS) is 10.6. The van der Waals surface area contributed by atoms with Crippen LogP contribution in [0.15, 0.2) is 48.5 Å². The van der Waals surface area contributed by atoms with Crippen molar-refractivity contribution in [1.29, 1.82) is 0 Å². The summed E-state index contributed by atoms with van der Waals surface area (Å²) in [4.78, 5) is 12.6. The Hall–Kier alpha value is -4.54. The van der Waals surface area contributed by atoms with Crippen LogP contribution in [0, 0.1) is 0 Å². The highest BCUT2D eigenvalue weighted by Gasteiger charge is 2.17. The van der Waals surface area contributed by atoms with Gasteiger partial charge in [0.2, 0.25) is 11.6 Å². The van der Waals surface area contributed by atoms with Gasteiger partial charge in [0, 0.05) is 17.2 Å². The SMILES string of the molecule is COc1ccc(-c2nnc3ccc(OCCNC(=O)c4cc(OC)c(OC)c(OC)c4)nn23)cc1. The zero-order valence-corrected chi connectivity index (χ0v) is 19.8. The summed E-state index contributed by atoms with van der Waals surface area (Å²) in [6, 6.07) is 14.1. The van der Waals surface area contributed by atoms with Gasteiger partial charge in [-0.25, -0.2) is 0 Å². The monoisotopic (exact) mass is 479 g/mol. The highest BCUT2D eigenvalue weighted by atomic mass is 16.5. The molecule has 182 valence electrons. The number of ether oxygens (including phenoxy) is 5. The molecule has 2 aromatic carbocycles. The summed E-state index contributed by atoms with van der Waals surface area (Å²) < 4.78 is 28.4. The Kier molecular flexibility index (Phi) is 7.15. The third kappa shape index (κ3) is 5.03. The number of methoxy groups -OCH3 is 4. The van der Waals surface area contributed by atoms with Crippen molar-refractivity contribution in [2.75, 3.05) is 41.6 Å². The second-order valence-electron chi connectivity index (χ2n) is 7.21. The van der Waals surface area contributed by atoms with Crippen molar-refractivity contribution < 1.29 is 28.5 Å². The van der Waals surface area contributed by atoms with Crippen LogP contribution >= 0.6 is 0 Å². The average molecular weight is 479 g/mol. The zero-order chi connectivity index (χ0) is 24.8. The second kappa shape index (κ2) is 10.6. The molecule has 0 radical (unpaired) electrons. The summed E-state index contributed by atoms with van der Waals surface area (Å²) in [7, 11) is 6.10. The highest BCUT2D eigenvalue weighted by molar-refractivity contribution is 5.95. The van der Waals surface area contributed by atoms with E-state index in [0.717, 1.165) is 11.3 Å². The predicted octanol–water partition coefficient (Wildman–Crippen LogP) is 2.63. The first-order chi connectivity index (χ1) is 17.1. The number of rotatable bonds is 10. The Morgan fingerprint density at radius 1 is 0.886 bits per heavy atom. The van der Waals surface area contributed by atoms with E-state index < -0.39 is 0 Å². The Labute approximate surface area is 201 Å². The van der Waals surface area contributed by atoms with Crippen molar-refractivity contribution in [3.8, 4) is 40.3 Å². The van der Waals surface area contributed by atoms with Crippen LogP contribution in [-0.2, 0) is 0 Å². The van der Waals surface area contributed by atoms with Crippen LogP contribution in [0.5, 0.6) is 28.9 Å². The minimum absolute atomic E-state index is 0.203. The van der Waals surface area contributed by atoms with Gasteiger partial charge in [0.1, 0.15) is 12.4 Å². The van der Waals surface area contributed by atoms with Crippen molar-refractivity contribution in [2.24, 2.45) is 0 Å². The number of nitrogens with one attached hydrogen (secondary N) is 1. The highest BCUT2D eigenvalue weighted by Crippen LogP contribution is 2.38. The van der Waals surface area contributed by atoms with Crippen LogP contribution in [0.25, 0.3) is 17.0 Å². The first kappa shape index (κ1) is 23.6. The molecule has 1 N–H and O–H groups in total. The van der Waals surface area contributed by atoms with E-state index in [0.29, 0.717) is 40.2 Å². The lowest BCUT2D eigenvalue weighted by Crippen LogP contribution is -2.28. The van der Waals surface area contributed by atoms with Gasteiger partial charge in [0.25, 0.3) is 5.91 Å². The van der Waals surface area contributed by atoms with E-state index in [1.165, 1.54) is 21.3 Å². The van der Waals surface area contributed by atoms with Gasteiger partial charge in [-0.1, -0.05) is 0 Å². The Morgan fingerprint density at radius 3 is 2.23 bits per heavy atom. The molecule has 0 saturated carbocycles. The maximum atomic E-state index is 12.6. The number of nitrogens with zero attached hydrogens (tertiary/aromatic N) is 4. The fraction of sp³-hybridized carbons (Fsp3) is 0.250. The molecule has 1 amide bonds. The van der Waals surface area contributed by atoms with E-state index in [1.807, 2.05) is 24.3 Å². The molecule has 0 saturated heterocycles. The van der Waals surface area contributed by atoms with Crippen molar-refractivity contribution in [2.45, 2.75) is 0 Å². The quantitative estimate of drug-likeness (QED) is 0.342. The smallest absolute Gasteiger partial charge is 0.251 e. The van der Waals surface area contributed by atoms with E-state index in [4.69, 9.17) is 23.7 Å². The van der Waals surface area contributed by atoms with Gasteiger partial charge in [-0.05, 0) is 42.5 Å². The maximum Gasteiger partial charge on any atom is 0.251 e. The van der Waals surface area contributed by atoms with E-state index in [9.17, 15) is 4.79 Å². The molecule has 0 aliphatic carbocycles. The largest absolute Gasteiger partial charge is 0.497 e. The lowest BCUT2D eigenvalue weighted by Gasteiger charge is -2.14. The van der Waals surface area contributed by atoms with Crippen LogP contribution in [0.2, 0.25) is 0 Å². The third-order valence-corrected chi connectivity index (χ3v) is 5.15. The Balaban J connectivity index is 1.40. The van der Waals surface area contributed by atoms with E-state index in [-0.39, 0.29) is 19.1 Å². The number of carbonyl (C=O) groups is 1. The average Bonchev–Trinajstić information content (AvgIpc) is 3.33. The summed E-state index contributed by atoms with van der Waals surface area (Å²) in [6.45, 7) is 0.456. The predicted molar refractivity (Wildman–Crippen MR) is 127 cm³/mol. The number of hydrogen-bond donors (Lipinski definition) is 1. The molecule has 4 aromatic rings. The molecule has 0 aliphatic rings. The molecule has 11 heteroatoms. The molecule has 2 heterocycles. The zero-order valence-electron chi connectivity index (χ0n) is 19.8. The minimum atomic E-state index is -0.308. The second-order valence-corrected chi connectivity index (χ2v) is 7.21. The fourth-order valence-corrected chi connectivity index (χ4v) is 3.40. The van der Waals surface area contributed by atoms with Crippen molar-refractivity contribution in [3.05, 3.63) is 54.1 Å². The molecule has 11 nitrogen and oxygen atoms in total. The fourth-order valence-electron chi connectivity index (χ4n) is 3.40. The van der Waals surface area contributed by atoms with Gasteiger partial charge in [-0.3, -0.25) is 4.79 Å². The van der Waals surface area contributed by atoms with Crippen molar-refractivity contribution in [3.63, 3.8) is 0 Å². The summed E-state index contributed by atoms with van der Waals surface area (Å²) >= 11 is 0. The number of fused-ring (bicyclic) bond motifs is 1. The number of hydrogen-bond acceptors (Lipinski definition) is 9. The van der Waals surface area contributed by atoms with Gasteiger partial charge in [-0.15, -0.1) is 15.3 Å². The van der Waals surface area contributed by atoms with Gasteiger partial charge in [-0.2, -0.15) is 4.52 Å². The van der Waals surface area contributed by atoms with Crippen LogP contribution in [-0.4, -0.2) is 67.3 Å². The van der Waals surface area contributed by atoms with Crippen molar-refractivity contribution in [1.82, 2.24) is 25.1 Å². The molecule has 0 aliphatic heterocycles. The van der Waals surface area contributed by atoms with Gasteiger partial charge >= 0.3 is 0 Å². The molecule has 0 fully saturated rings. The first-order valence-corrected chi connectivity index (χ1v) is 10.7. The lowest BCUT2D eigenvalue weighted by molar-refractivity contribution is 0.0945. The van der Waals surface area contributed by atoms with E-state index in [2.05, 4.69) is 20.6 Å². The molecular weight excluding hydrogens is 454 g/mol. The molecule has 0 bridgehead atoms. The van der Waals surface area contributed by atoms with Crippen LogP contribution in [0.4, 0.5) is 0 Å². The first-order valence-electron chi connectivity index (χ1n) is 10.7. The molecule has 0 unspecified atom stereocenters. The topological polar surface area (TPSA) is 118 Å². The number of aromatic nitrogens is 4. The number of carbonyl (C=O) groups excluding carboxylic acids is 1. The third-order valence-electron chi connectivity index (χ3n) is 5.15. The van der Waals surface area contributed by atoms with Crippen LogP contribution < -0.4 is 29.0 Å². The summed E-state index contributed by atoms with van der Waals surface area (Å²) in [5.74, 6) is 2.59. The molecule has 4 rings (SSSR count). The van der Waals surface area contributed by atoms with Crippen LogP contribution in [0.1, 0.15) is 10.4 Å². The van der Waals surface area contributed by atoms with E-state index in [1.54, 1.807) is 35.9 Å². The van der Waals surface area contributed by atoms with Crippen molar-refractivity contribution >= 4 is 11.6 Å². The molecule has 35 heavy (non-hydrogen) atoms. The van der Waals surface area contributed by atoms with E-state index >= 15 is 0 Å². The molecule has 0 atom stereocenters. The maximum absolute atomic E-state index is 12.6. The Bertz CT molecular complexity index is 1300. The lowest BCUT2D eigenvalue weighted by atomic mass is 10.1. The molecular formula is C24H25N5O6.